The fraction of sp³-hybridized carbons (Fsp3) is 0.500. The minimum absolute atomic E-state index is 0.118. The van der Waals surface area contributed by atoms with Crippen LogP contribution in [0.2, 0.25) is 0 Å². The highest BCUT2D eigenvalue weighted by atomic mass is 32.3. The second kappa shape index (κ2) is 11.0. The van der Waals surface area contributed by atoms with Gasteiger partial charge in [0.15, 0.2) is 5.82 Å². The van der Waals surface area contributed by atoms with Gasteiger partial charge in [0, 0.05) is 24.1 Å². The number of hydrogen-bond acceptors (Lipinski definition) is 10. The van der Waals surface area contributed by atoms with E-state index < -0.39 is 37.0 Å². The summed E-state index contributed by atoms with van der Waals surface area (Å²) in [7, 11) is -4.13. The molecule has 3 atom stereocenters. The van der Waals surface area contributed by atoms with Crippen LogP contribution in [0.3, 0.4) is 0 Å². The van der Waals surface area contributed by atoms with Crippen LogP contribution in [0.4, 0.5) is 5.95 Å². The number of hydrogen-bond donors (Lipinski definition) is 3. The molecule has 0 saturated carbocycles. The van der Waals surface area contributed by atoms with Crippen molar-refractivity contribution in [3.63, 3.8) is 0 Å². The van der Waals surface area contributed by atoms with E-state index in [0.29, 0.717) is 35.9 Å². The zero-order valence-corrected chi connectivity index (χ0v) is 23.7. The molecular weight excluding hydrogens is 532 g/mol. The van der Waals surface area contributed by atoms with Crippen molar-refractivity contribution in [2.24, 2.45) is 0 Å². The summed E-state index contributed by atoms with van der Waals surface area (Å²) >= 11 is 0. The topological polar surface area (TPSA) is 162 Å². The Balaban J connectivity index is 1.82. The first-order valence-electron chi connectivity index (χ1n) is 12.2. The molecule has 3 aromatic rings. The van der Waals surface area contributed by atoms with Gasteiger partial charge in [0.2, 0.25) is 16.0 Å². The summed E-state index contributed by atoms with van der Waals surface area (Å²) < 4.78 is 64.2. The van der Waals surface area contributed by atoms with Crippen LogP contribution in [0.1, 0.15) is 61.5 Å². The maximum atomic E-state index is 13.6. The van der Waals surface area contributed by atoms with E-state index in [-0.39, 0.29) is 17.5 Å². The normalized spacial score (nSPS) is 19.8. The van der Waals surface area contributed by atoms with Crippen molar-refractivity contribution in [1.29, 1.82) is 0 Å². The maximum Gasteiger partial charge on any atom is 0.243 e. The summed E-state index contributed by atoms with van der Waals surface area (Å²) in [5.41, 5.74) is 1.22. The average molecular weight is 567 g/mol. The lowest BCUT2D eigenvalue weighted by atomic mass is 10.1. The third kappa shape index (κ3) is 5.44. The summed E-state index contributed by atoms with van der Waals surface area (Å²) in [4.78, 5) is 8.58. The van der Waals surface area contributed by atoms with E-state index in [1.807, 2.05) is 6.92 Å². The molecule has 0 bridgehead atoms. The number of aromatic nitrogens is 5. The molecule has 0 amide bonds. The van der Waals surface area contributed by atoms with Gasteiger partial charge in [-0.1, -0.05) is 13.0 Å². The van der Waals surface area contributed by atoms with Gasteiger partial charge >= 0.3 is 0 Å². The molecule has 0 spiro atoms. The van der Waals surface area contributed by atoms with E-state index in [4.69, 9.17) is 9.47 Å². The molecule has 1 aliphatic rings. The van der Waals surface area contributed by atoms with Crippen LogP contribution < -0.4 is 14.2 Å². The lowest BCUT2D eigenvalue weighted by Gasteiger charge is -2.43. The van der Waals surface area contributed by atoms with E-state index in [9.17, 15) is 17.5 Å². The van der Waals surface area contributed by atoms with E-state index in [1.165, 1.54) is 18.8 Å². The van der Waals surface area contributed by atoms with Gasteiger partial charge in [-0.2, -0.15) is 10.6 Å². The largest absolute Gasteiger partial charge is 0.494 e. The molecule has 1 saturated heterocycles. The molecular formula is C24H34N6O6S2. The number of aryl methyl sites for hydroxylation is 1. The van der Waals surface area contributed by atoms with Crippen molar-refractivity contribution in [2.45, 2.75) is 56.5 Å². The van der Waals surface area contributed by atoms with Crippen molar-refractivity contribution < 1.29 is 27.0 Å². The summed E-state index contributed by atoms with van der Waals surface area (Å²) in [5.74, 6) is 0.938. The van der Waals surface area contributed by atoms with Crippen molar-refractivity contribution >= 4 is 26.6 Å². The first kappa shape index (κ1) is 28.1. The highest BCUT2D eigenvalue weighted by molar-refractivity contribution is 8.24. The van der Waals surface area contributed by atoms with Crippen LogP contribution in [-0.4, -0.2) is 67.5 Å². The number of methoxy groups -OCH3 is 2. The molecule has 3 heterocycles. The maximum absolute atomic E-state index is 13.6. The third-order valence-electron chi connectivity index (χ3n) is 6.85. The highest BCUT2D eigenvalue weighted by Crippen LogP contribution is 2.59. The Bertz CT molecular complexity index is 1360. The van der Waals surface area contributed by atoms with Crippen molar-refractivity contribution in [2.75, 3.05) is 24.7 Å². The summed E-state index contributed by atoms with van der Waals surface area (Å²) in [6.07, 6.45) is 5.20. The molecule has 3 N–H and O–H groups in total. The number of para-hydroxylation sites is 1. The predicted octanol–water partition coefficient (Wildman–Crippen LogP) is 4.29. The molecule has 0 unspecified atom stereocenters. The Morgan fingerprint density at radius 1 is 1.08 bits per heavy atom. The van der Waals surface area contributed by atoms with Crippen LogP contribution in [0.15, 0.2) is 30.6 Å². The van der Waals surface area contributed by atoms with E-state index in [1.54, 1.807) is 44.4 Å². The number of anilines is 1. The van der Waals surface area contributed by atoms with E-state index in [2.05, 4.69) is 24.9 Å². The zero-order chi connectivity index (χ0) is 27.7. The van der Waals surface area contributed by atoms with Gasteiger partial charge in [0.25, 0.3) is 0 Å². The molecule has 0 aliphatic carbocycles. The number of rotatable bonds is 9. The minimum Gasteiger partial charge on any atom is -0.494 e. The Morgan fingerprint density at radius 2 is 1.71 bits per heavy atom. The molecule has 12 nitrogen and oxygen atoms in total. The zero-order valence-electron chi connectivity index (χ0n) is 22.0. The standard InChI is InChI=1S/C24H34N6O6S2/c1-15-13-25-22(26-14-15)16(2)17(3)38(33,34)29-24-28-27-23(20-11-6-7-12-37(20,31)32)30(24)21-18(35-4)9-8-10-19(21)36-5/h8-10,13-14,16-17,20,31-32H,6-7,11-12H2,1-5H3,(H,28,29)/t16-,17-,20+/m0/s1. The van der Waals surface area contributed by atoms with Gasteiger partial charge in [0.1, 0.15) is 28.3 Å². The number of benzene rings is 1. The van der Waals surface area contributed by atoms with Crippen molar-refractivity contribution in [1.82, 2.24) is 24.7 Å². The van der Waals surface area contributed by atoms with E-state index >= 15 is 0 Å². The average Bonchev–Trinajstić information content (AvgIpc) is 3.28. The SMILES string of the molecule is COc1cccc(OC)c1-n1c(NS(=O)(=O)[C@@H](C)[C@H](C)c2ncc(C)cn2)nnc1[C@H]1CCCCS1(O)O. The van der Waals surface area contributed by atoms with Gasteiger partial charge in [-0.25, -0.2) is 18.4 Å². The molecule has 38 heavy (non-hydrogen) atoms. The van der Waals surface area contributed by atoms with Gasteiger partial charge in [-0.3, -0.25) is 18.4 Å². The molecule has 0 radical (unpaired) electrons. The first-order valence-corrected chi connectivity index (χ1v) is 15.5. The van der Waals surface area contributed by atoms with Gasteiger partial charge in [-0.15, -0.1) is 10.2 Å². The van der Waals surface area contributed by atoms with Gasteiger partial charge in [0.05, 0.1) is 19.5 Å². The lowest BCUT2D eigenvalue weighted by molar-refractivity contribution is 0.389. The van der Waals surface area contributed by atoms with Crippen LogP contribution in [0.25, 0.3) is 5.69 Å². The summed E-state index contributed by atoms with van der Waals surface area (Å²) in [5, 5.41) is 6.76. The quantitative estimate of drug-likeness (QED) is 0.341. The molecule has 1 aromatic carbocycles. The van der Waals surface area contributed by atoms with Crippen molar-refractivity contribution in [3.05, 3.63) is 47.8 Å². The number of ether oxygens (including phenoxy) is 2. The Kier molecular flexibility index (Phi) is 8.16. The van der Waals surface area contributed by atoms with Crippen LogP contribution in [0, 0.1) is 6.92 Å². The second-order valence-electron chi connectivity index (χ2n) is 9.39. The van der Waals surface area contributed by atoms with E-state index in [0.717, 1.165) is 12.0 Å². The van der Waals surface area contributed by atoms with Gasteiger partial charge in [-0.05, 0) is 50.8 Å². The fourth-order valence-electron chi connectivity index (χ4n) is 4.45. The van der Waals surface area contributed by atoms with Crippen LogP contribution >= 0.6 is 10.6 Å². The summed E-state index contributed by atoms with van der Waals surface area (Å²) in [6.45, 7) is 5.17. The highest BCUT2D eigenvalue weighted by Gasteiger charge is 2.38. The minimum atomic E-state index is -4.04. The van der Waals surface area contributed by atoms with Gasteiger partial charge < -0.3 is 9.47 Å². The Hall–Kier alpha value is -2.94. The number of sulfonamides is 1. The number of nitrogens with one attached hydrogen (secondary N) is 1. The number of nitrogens with zero attached hydrogens (tertiary/aromatic N) is 5. The first-order chi connectivity index (χ1) is 18.0. The van der Waals surface area contributed by atoms with Crippen LogP contribution in [-0.2, 0) is 10.0 Å². The predicted molar refractivity (Wildman–Crippen MR) is 146 cm³/mol. The van der Waals surface area contributed by atoms with Crippen LogP contribution in [0.5, 0.6) is 11.5 Å². The third-order valence-corrected chi connectivity index (χ3v) is 11.0. The lowest BCUT2D eigenvalue weighted by Crippen LogP contribution is -2.31. The molecule has 1 aliphatic heterocycles. The molecule has 1 fully saturated rings. The summed E-state index contributed by atoms with van der Waals surface area (Å²) in [6, 6.07) is 5.12. The molecule has 208 valence electrons. The molecule has 14 heteroatoms. The fourth-order valence-corrected chi connectivity index (χ4v) is 7.63. The monoisotopic (exact) mass is 566 g/mol. The second-order valence-corrected chi connectivity index (χ2v) is 13.8. The Morgan fingerprint density at radius 3 is 2.29 bits per heavy atom. The smallest absolute Gasteiger partial charge is 0.243 e. The molecule has 4 rings (SSSR count). The molecule has 2 aromatic heterocycles. The Labute approximate surface area is 224 Å². The van der Waals surface area contributed by atoms with Crippen molar-refractivity contribution in [3.8, 4) is 17.2 Å².